The first kappa shape index (κ1) is 26.2. The molecule has 196 valence electrons. The molecule has 1 aliphatic carbocycles. The minimum Gasteiger partial charge on any atom is -0.490 e. The first-order valence-electron chi connectivity index (χ1n) is 13.2. The highest BCUT2D eigenvalue weighted by Crippen LogP contribution is 2.27. The molecule has 3 fully saturated rings. The highest BCUT2D eigenvalue weighted by atomic mass is 16.5. The molecule has 8 heteroatoms. The molecule has 2 saturated heterocycles. The summed E-state index contributed by atoms with van der Waals surface area (Å²) in [5, 5.41) is 0. The number of ether oxygens (including phenoxy) is 2. The zero-order valence-electron chi connectivity index (χ0n) is 22.1. The molecule has 0 unspecified atom stereocenters. The van der Waals surface area contributed by atoms with Crippen molar-refractivity contribution in [3.05, 3.63) is 40.6 Å². The van der Waals surface area contributed by atoms with E-state index in [9.17, 15) is 9.59 Å². The van der Waals surface area contributed by atoms with Crippen molar-refractivity contribution >= 4 is 17.5 Å². The molecule has 2 amide bonds. The van der Waals surface area contributed by atoms with Crippen molar-refractivity contribution in [3.8, 4) is 5.75 Å². The van der Waals surface area contributed by atoms with E-state index >= 15 is 0 Å². The number of aryl methyl sites for hydroxylation is 1. The Morgan fingerprint density at radius 2 is 1.78 bits per heavy atom. The molecule has 0 aromatic heterocycles. The number of carbonyl (C=O) groups is 2. The van der Waals surface area contributed by atoms with Gasteiger partial charge in [0.15, 0.2) is 0 Å². The summed E-state index contributed by atoms with van der Waals surface area (Å²) in [7, 11) is 0. The predicted octanol–water partition coefficient (Wildman–Crippen LogP) is 3.15. The van der Waals surface area contributed by atoms with E-state index in [-0.39, 0.29) is 42.4 Å². The zero-order valence-corrected chi connectivity index (χ0v) is 22.1. The number of hydrogen-bond donors (Lipinski definition) is 1. The molecule has 2 aliphatic heterocycles. The van der Waals surface area contributed by atoms with Crippen molar-refractivity contribution in [2.24, 2.45) is 10.7 Å². The van der Waals surface area contributed by atoms with E-state index in [4.69, 9.17) is 15.2 Å². The van der Waals surface area contributed by atoms with Crippen molar-refractivity contribution in [2.75, 3.05) is 32.7 Å². The number of benzene rings is 1. The number of allylic oxidation sites excluding steroid dienone is 1. The fourth-order valence-corrected chi connectivity index (χ4v) is 5.35. The van der Waals surface area contributed by atoms with Gasteiger partial charge in [0.1, 0.15) is 24.1 Å². The number of amides is 2. The fraction of sp³-hybridized carbons (Fsp3) is 0.607. The van der Waals surface area contributed by atoms with Gasteiger partial charge in [0.2, 0.25) is 5.91 Å². The van der Waals surface area contributed by atoms with Crippen LogP contribution < -0.4 is 10.5 Å². The summed E-state index contributed by atoms with van der Waals surface area (Å²) in [5.41, 5.74) is 10.6. The molecular formula is C28H40N4O4. The van der Waals surface area contributed by atoms with Gasteiger partial charge < -0.3 is 25.0 Å². The molecule has 8 nitrogen and oxygen atoms in total. The van der Waals surface area contributed by atoms with E-state index in [0.29, 0.717) is 26.2 Å². The van der Waals surface area contributed by atoms with Gasteiger partial charge in [0.05, 0.1) is 12.2 Å². The maximum Gasteiger partial charge on any atom is 0.270 e. The molecule has 0 radical (unpaired) electrons. The zero-order chi connectivity index (χ0) is 25.8. The second kappa shape index (κ2) is 11.5. The molecule has 1 aromatic rings. The van der Waals surface area contributed by atoms with Gasteiger partial charge in [-0.05, 0) is 64.2 Å². The second-order valence-electron chi connectivity index (χ2n) is 10.4. The molecule has 1 saturated carbocycles. The van der Waals surface area contributed by atoms with Crippen LogP contribution in [0.1, 0.15) is 57.1 Å². The minimum absolute atomic E-state index is 0.0136. The first-order chi connectivity index (χ1) is 17.2. The van der Waals surface area contributed by atoms with Crippen LogP contribution in [0, 0.1) is 13.8 Å². The predicted molar refractivity (Wildman–Crippen MR) is 140 cm³/mol. The normalized spacial score (nSPS) is 25.8. The van der Waals surface area contributed by atoms with Crippen molar-refractivity contribution in [1.29, 1.82) is 0 Å². The highest BCUT2D eigenvalue weighted by molar-refractivity contribution is 6.09. The van der Waals surface area contributed by atoms with E-state index in [1.54, 1.807) is 4.90 Å². The molecule has 3 aliphatic rings. The highest BCUT2D eigenvalue weighted by Gasteiger charge is 2.30. The van der Waals surface area contributed by atoms with E-state index < -0.39 is 0 Å². The molecule has 2 N–H and O–H groups in total. The van der Waals surface area contributed by atoms with Gasteiger partial charge in [-0.15, -0.1) is 0 Å². The SMILES string of the molecule is Cc1cccc(OC2CCN(C(=O)CN=C3CCCC3=C(N)C(=O)N3C[C@@H](C)O[C@@H](C)C3)CC2)c1C. The van der Waals surface area contributed by atoms with Gasteiger partial charge in [-0.2, -0.15) is 0 Å². The second-order valence-corrected chi connectivity index (χ2v) is 10.4. The number of hydrogen-bond acceptors (Lipinski definition) is 6. The lowest BCUT2D eigenvalue weighted by Gasteiger charge is -2.35. The number of piperidine rings is 1. The van der Waals surface area contributed by atoms with Gasteiger partial charge in [-0.3, -0.25) is 14.6 Å². The Kier molecular flexibility index (Phi) is 8.34. The summed E-state index contributed by atoms with van der Waals surface area (Å²) < 4.78 is 12.0. The van der Waals surface area contributed by atoms with Crippen LogP contribution in [0.15, 0.2) is 34.5 Å². The number of nitrogens with two attached hydrogens (primary N) is 1. The molecule has 2 heterocycles. The molecule has 4 rings (SSSR count). The third kappa shape index (κ3) is 6.09. The molecule has 0 spiro atoms. The Bertz CT molecular complexity index is 1030. The summed E-state index contributed by atoms with van der Waals surface area (Å²) in [5.74, 6) is 0.790. The number of nitrogens with zero attached hydrogens (tertiary/aromatic N) is 3. The van der Waals surface area contributed by atoms with E-state index in [1.165, 1.54) is 11.1 Å². The van der Waals surface area contributed by atoms with Crippen molar-refractivity contribution in [1.82, 2.24) is 9.80 Å². The maximum absolute atomic E-state index is 13.1. The first-order valence-corrected chi connectivity index (χ1v) is 13.2. The monoisotopic (exact) mass is 496 g/mol. The molecule has 2 atom stereocenters. The molecular weight excluding hydrogens is 456 g/mol. The fourth-order valence-electron chi connectivity index (χ4n) is 5.35. The van der Waals surface area contributed by atoms with Gasteiger partial charge in [-0.25, -0.2) is 0 Å². The maximum atomic E-state index is 13.1. The van der Waals surface area contributed by atoms with Crippen LogP contribution in [-0.4, -0.2) is 78.4 Å². The van der Waals surface area contributed by atoms with Crippen LogP contribution in [0.2, 0.25) is 0 Å². The van der Waals surface area contributed by atoms with Crippen LogP contribution in [0.25, 0.3) is 0 Å². The number of morpholine rings is 1. The lowest BCUT2D eigenvalue weighted by Crippen LogP contribution is -2.49. The van der Waals surface area contributed by atoms with Crippen molar-refractivity contribution < 1.29 is 19.1 Å². The quantitative estimate of drug-likeness (QED) is 0.632. The average molecular weight is 497 g/mol. The Morgan fingerprint density at radius 1 is 1.08 bits per heavy atom. The topological polar surface area (TPSA) is 97.5 Å². The Morgan fingerprint density at radius 3 is 2.47 bits per heavy atom. The Labute approximate surface area is 214 Å². The van der Waals surface area contributed by atoms with E-state index in [0.717, 1.165) is 49.1 Å². The summed E-state index contributed by atoms with van der Waals surface area (Å²) >= 11 is 0. The third-order valence-electron chi connectivity index (χ3n) is 7.50. The summed E-state index contributed by atoms with van der Waals surface area (Å²) in [6.45, 7) is 10.6. The largest absolute Gasteiger partial charge is 0.490 e. The summed E-state index contributed by atoms with van der Waals surface area (Å²) in [6, 6.07) is 6.12. The van der Waals surface area contributed by atoms with Crippen LogP contribution in [-0.2, 0) is 14.3 Å². The smallest absolute Gasteiger partial charge is 0.270 e. The molecule has 36 heavy (non-hydrogen) atoms. The number of rotatable bonds is 5. The molecule has 0 bridgehead atoms. The van der Waals surface area contributed by atoms with Crippen LogP contribution in [0.4, 0.5) is 0 Å². The summed E-state index contributed by atoms with van der Waals surface area (Å²) in [4.78, 5) is 34.2. The standard InChI is InChI=1S/C28H40N4O4/c1-18-7-5-10-25(21(18)4)36-22-11-13-31(14-12-22)26(33)15-30-24-9-6-8-23(24)27(29)28(34)32-16-19(2)35-20(3)17-32/h5,7,10,19-20,22H,6,8-9,11-17,29H2,1-4H3/t19-,20+. The van der Waals surface area contributed by atoms with Crippen molar-refractivity contribution in [2.45, 2.75) is 78.1 Å². The lowest BCUT2D eigenvalue weighted by atomic mass is 10.1. The van der Waals surface area contributed by atoms with Gasteiger partial charge >= 0.3 is 0 Å². The Hall–Kier alpha value is -2.87. The number of likely N-dealkylation sites (tertiary alicyclic amines) is 1. The van der Waals surface area contributed by atoms with E-state index in [2.05, 4.69) is 24.9 Å². The van der Waals surface area contributed by atoms with Crippen LogP contribution in [0.5, 0.6) is 5.75 Å². The van der Waals surface area contributed by atoms with Gasteiger partial charge in [0, 0.05) is 50.3 Å². The number of aliphatic imine (C=N–C) groups is 1. The van der Waals surface area contributed by atoms with Crippen LogP contribution >= 0.6 is 0 Å². The summed E-state index contributed by atoms with van der Waals surface area (Å²) in [6.07, 6.45) is 4.06. The number of carbonyl (C=O) groups excluding carboxylic acids is 2. The van der Waals surface area contributed by atoms with E-state index in [1.807, 2.05) is 30.9 Å². The lowest BCUT2D eigenvalue weighted by molar-refractivity contribution is -0.139. The van der Waals surface area contributed by atoms with Gasteiger partial charge in [-0.1, -0.05) is 12.1 Å². The van der Waals surface area contributed by atoms with Gasteiger partial charge in [0.25, 0.3) is 5.91 Å². The third-order valence-corrected chi connectivity index (χ3v) is 7.50. The minimum atomic E-state index is -0.154. The average Bonchev–Trinajstić information content (AvgIpc) is 3.33. The molecule has 1 aromatic carbocycles. The van der Waals surface area contributed by atoms with Crippen LogP contribution in [0.3, 0.4) is 0 Å². The Balaban J connectivity index is 1.32. The van der Waals surface area contributed by atoms with Crippen molar-refractivity contribution in [3.63, 3.8) is 0 Å².